The average Bonchev–Trinajstić information content (AvgIpc) is 2.38. The maximum Gasteiger partial charge on any atom is 0.240 e. The molecule has 0 spiro atoms. The zero-order valence-corrected chi connectivity index (χ0v) is 10.6. The van der Waals surface area contributed by atoms with Crippen LogP contribution in [-0.4, -0.2) is 41.5 Å². The van der Waals surface area contributed by atoms with Gasteiger partial charge in [-0.2, -0.15) is 0 Å². The Morgan fingerprint density at radius 3 is 2.65 bits per heavy atom. The van der Waals surface area contributed by atoms with Crippen LogP contribution in [-0.2, 0) is 16.1 Å². The minimum absolute atomic E-state index is 0.126. The van der Waals surface area contributed by atoms with Crippen molar-refractivity contribution < 1.29 is 19.1 Å². The molecule has 0 atom stereocenters. The predicted molar refractivity (Wildman–Crippen MR) is 68.8 cm³/mol. The van der Waals surface area contributed by atoms with Gasteiger partial charge in [-0.1, -0.05) is 17.9 Å². The summed E-state index contributed by atoms with van der Waals surface area (Å²) in [7, 11) is 0. The number of imide groups is 1. The second-order valence-electron chi connectivity index (χ2n) is 4.39. The second kappa shape index (κ2) is 6.28. The van der Waals surface area contributed by atoms with E-state index < -0.39 is 5.82 Å². The SMILES string of the molecule is O=C1CN(Cc2ccc(F)c(C#CCO)c2)CC(=O)N1. The number of rotatable bonds is 2. The maximum absolute atomic E-state index is 13.5. The van der Waals surface area contributed by atoms with E-state index in [0.29, 0.717) is 6.54 Å². The van der Waals surface area contributed by atoms with Gasteiger partial charge >= 0.3 is 0 Å². The molecule has 0 aromatic heterocycles. The maximum atomic E-state index is 13.5. The highest BCUT2D eigenvalue weighted by atomic mass is 19.1. The Morgan fingerprint density at radius 1 is 1.30 bits per heavy atom. The summed E-state index contributed by atoms with van der Waals surface area (Å²) in [5.41, 5.74) is 0.931. The van der Waals surface area contributed by atoms with Crippen LogP contribution < -0.4 is 5.32 Å². The number of hydrogen-bond acceptors (Lipinski definition) is 4. The fourth-order valence-electron chi connectivity index (χ4n) is 1.97. The van der Waals surface area contributed by atoms with E-state index in [0.717, 1.165) is 5.56 Å². The van der Waals surface area contributed by atoms with Gasteiger partial charge in [0.05, 0.1) is 18.7 Å². The molecule has 6 heteroatoms. The van der Waals surface area contributed by atoms with Crippen molar-refractivity contribution in [2.24, 2.45) is 0 Å². The van der Waals surface area contributed by atoms with Crippen molar-refractivity contribution in [2.45, 2.75) is 6.54 Å². The minimum Gasteiger partial charge on any atom is -0.384 e. The highest BCUT2D eigenvalue weighted by Gasteiger charge is 2.22. The Balaban J connectivity index is 2.13. The fourth-order valence-corrected chi connectivity index (χ4v) is 1.97. The zero-order chi connectivity index (χ0) is 14.5. The van der Waals surface area contributed by atoms with E-state index in [2.05, 4.69) is 17.2 Å². The van der Waals surface area contributed by atoms with Crippen LogP contribution in [0, 0.1) is 17.7 Å². The van der Waals surface area contributed by atoms with Gasteiger partial charge in [-0.05, 0) is 17.7 Å². The lowest BCUT2D eigenvalue weighted by Crippen LogP contribution is -2.50. The molecule has 1 aliphatic rings. The van der Waals surface area contributed by atoms with Crippen molar-refractivity contribution in [3.63, 3.8) is 0 Å². The standard InChI is InChI=1S/C14H13FN2O3/c15-12-4-3-10(6-11(12)2-1-5-18)7-17-8-13(19)16-14(20)9-17/h3-4,6,18H,5,7-9H2,(H,16,19,20). The third-order valence-corrected chi connectivity index (χ3v) is 2.75. The first-order valence-electron chi connectivity index (χ1n) is 6.01. The molecular weight excluding hydrogens is 263 g/mol. The Bertz CT molecular complexity index is 588. The molecule has 0 saturated carbocycles. The summed E-state index contributed by atoms with van der Waals surface area (Å²) < 4.78 is 13.5. The number of hydrogen-bond donors (Lipinski definition) is 2. The number of aliphatic hydroxyl groups excluding tert-OH is 1. The number of carbonyl (C=O) groups is 2. The number of halogens is 1. The summed E-state index contributed by atoms with van der Waals surface area (Å²) >= 11 is 0. The van der Waals surface area contributed by atoms with Gasteiger partial charge in [-0.3, -0.25) is 19.8 Å². The summed E-state index contributed by atoms with van der Waals surface area (Å²) in [5.74, 6) is 3.74. The summed E-state index contributed by atoms with van der Waals surface area (Å²) in [6.07, 6.45) is 0. The van der Waals surface area contributed by atoms with Crippen molar-refractivity contribution >= 4 is 11.8 Å². The molecule has 1 heterocycles. The molecule has 104 valence electrons. The average molecular weight is 276 g/mol. The molecule has 2 N–H and O–H groups in total. The van der Waals surface area contributed by atoms with E-state index >= 15 is 0 Å². The summed E-state index contributed by atoms with van der Waals surface area (Å²) in [6, 6.07) is 4.41. The smallest absolute Gasteiger partial charge is 0.240 e. The van der Waals surface area contributed by atoms with Crippen LogP contribution in [0.4, 0.5) is 4.39 Å². The topological polar surface area (TPSA) is 69.6 Å². The number of amides is 2. The van der Waals surface area contributed by atoms with E-state index in [-0.39, 0.29) is 37.1 Å². The Morgan fingerprint density at radius 2 is 2.00 bits per heavy atom. The summed E-state index contributed by atoms with van der Waals surface area (Å²) in [6.45, 7) is 0.263. The zero-order valence-electron chi connectivity index (χ0n) is 10.6. The van der Waals surface area contributed by atoms with Gasteiger partial charge in [0.15, 0.2) is 0 Å². The lowest BCUT2D eigenvalue weighted by atomic mass is 10.1. The lowest BCUT2D eigenvalue weighted by molar-refractivity contribution is -0.136. The Kier molecular flexibility index (Phi) is 4.45. The van der Waals surface area contributed by atoms with Crippen molar-refractivity contribution in [2.75, 3.05) is 19.7 Å². The van der Waals surface area contributed by atoms with E-state index in [9.17, 15) is 14.0 Å². The molecular formula is C14H13FN2O3. The molecule has 1 aromatic carbocycles. The van der Waals surface area contributed by atoms with Crippen LogP contribution >= 0.6 is 0 Å². The molecule has 5 nitrogen and oxygen atoms in total. The first-order valence-corrected chi connectivity index (χ1v) is 6.01. The van der Waals surface area contributed by atoms with E-state index in [1.54, 1.807) is 17.0 Å². The van der Waals surface area contributed by atoms with Gasteiger partial charge in [0, 0.05) is 6.54 Å². The normalized spacial score (nSPS) is 15.5. The number of nitrogens with one attached hydrogen (secondary N) is 1. The van der Waals surface area contributed by atoms with Crippen molar-refractivity contribution in [1.82, 2.24) is 10.2 Å². The molecule has 1 saturated heterocycles. The molecule has 0 aliphatic carbocycles. The third kappa shape index (κ3) is 3.63. The van der Waals surface area contributed by atoms with E-state index in [4.69, 9.17) is 5.11 Å². The van der Waals surface area contributed by atoms with Gasteiger partial charge in [-0.15, -0.1) is 0 Å². The molecule has 20 heavy (non-hydrogen) atoms. The molecule has 0 radical (unpaired) electrons. The fraction of sp³-hybridized carbons (Fsp3) is 0.286. The Labute approximate surface area is 115 Å². The minimum atomic E-state index is -0.470. The highest BCUT2D eigenvalue weighted by molar-refractivity contribution is 5.99. The Hall–Kier alpha value is -2.23. The second-order valence-corrected chi connectivity index (χ2v) is 4.39. The van der Waals surface area contributed by atoms with Gasteiger partial charge in [-0.25, -0.2) is 4.39 Å². The van der Waals surface area contributed by atoms with E-state index in [1.807, 2.05) is 0 Å². The lowest BCUT2D eigenvalue weighted by Gasteiger charge is -2.25. The molecule has 1 aromatic rings. The largest absolute Gasteiger partial charge is 0.384 e. The quantitative estimate of drug-likeness (QED) is 0.571. The first kappa shape index (κ1) is 14.2. The van der Waals surface area contributed by atoms with Gasteiger partial charge in [0.2, 0.25) is 11.8 Å². The number of nitrogens with zero attached hydrogens (tertiary/aromatic N) is 1. The van der Waals surface area contributed by atoms with Gasteiger partial charge in [0.1, 0.15) is 12.4 Å². The van der Waals surface area contributed by atoms with Crippen LogP contribution in [0.5, 0.6) is 0 Å². The van der Waals surface area contributed by atoms with Crippen molar-refractivity contribution in [3.8, 4) is 11.8 Å². The van der Waals surface area contributed by atoms with Gasteiger partial charge < -0.3 is 5.11 Å². The molecule has 0 unspecified atom stereocenters. The third-order valence-electron chi connectivity index (χ3n) is 2.75. The number of benzene rings is 1. The highest BCUT2D eigenvalue weighted by Crippen LogP contribution is 2.12. The van der Waals surface area contributed by atoms with Crippen LogP contribution in [0.25, 0.3) is 0 Å². The summed E-state index contributed by atoms with van der Waals surface area (Å²) in [5, 5.41) is 10.8. The van der Waals surface area contributed by atoms with Crippen LogP contribution in [0.3, 0.4) is 0 Å². The van der Waals surface area contributed by atoms with E-state index in [1.165, 1.54) is 6.07 Å². The molecule has 0 bridgehead atoms. The summed E-state index contributed by atoms with van der Waals surface area (Å²) in [4.78, 5) is 24.2. The van der Waals surface area contributed by atoms with Crippen molar-refractivity contribution in [3.05, 3.63) is 35.1 Å². The van der Waals surface area contributed by atoms with Crippen molar-refractivity contribution in [1.29, 1.82) is 0 Å². The number of aliphatic hydroxyl groups is 1. The van der Waals surface area contributed by atoms with Crippen LogP contribution in [0.1, 0.15) is 11.1 Å². The molecule has 2 rings (SSSR count). The van der Waals surface area contributed by atoms with Gasteiger partial charge in [0.25, 0.3) is 0 Å². The molecule has 1 aliphatic heterocycles. The van der Waals surface area contributed by atoms with Crippen LogP contribution in [0.15, 0.2) is 18.2 Å². The number of carbonyl (C=O) groups excluding carboxylic acids is 2. The number of piperazine rings is 1. The monoisotopic (exact) mass is 276 g/mol. The predicted octanol–water partition coefficient (Wildman–Crippen LogP) is -0.372. The van der Waals surface area contributed by atoms with Crippen LogP contribution in [0.2, 0.25) is 0 Å². The molecule has 1 fully saturated rings. The molecule has 2 amide bonds. The first-order chi connectivity index (χ1) is 9.58.